The quantitative estimate of drug-likeness (QED) is 0.262. The molecular weight excluding hydrogens is 282 g/mol. The third-order valence-electron chi connectivity index (χ3n) is 3.35. The number of allylic oxidation sites excluding steroid dienone is 3. The standard InChI is InChI=1S/C17H31NS2/c1-13(2)15(5)9-10-16(6)18(8)11-19-12-20-17(7)14(3)4/h13-14H,5-7,9-12H2,1-4,8H3. The van der Waals surface area contributed by atoms with Gasteiger partial charge in [0.25, 0.3) is 0 Å². The van der Waals surface area contributed by atoms with E-state index in [2.05, 4.69) is 59.4 Å². The van der Waals surface area contributed by atoms with E-state index in [4.69, 9.17) is 0 Å². The van der Waals surface area contributed by atoms with Gasteiger partial charge in [0.05, 0.1) is 5.88 Å². The van der Waals surface area contributed by atoms with Crippen LogP contribution in [-0.4, -0.2) is 22.9 Å². The van der Waals surface area contributed by atoms with Crippen molar-refractivity contribution in [1.82, 2.24) is 4.90 Å². The van der Waals surface area contributed by atoms with E-state index in [1.54, 1.807) is 0 Å². The highest BCUT2D eigenvalue weighted by Gasteiger charge is 2.06. The van der Waals surface area contributed by atoms with Crippen molar-refractivity contribution in [2.24, 2.45) is 11.8 Å². The fraction of sp³-hybridized carbons (Fsp3) is 0.647. The molecule has 3 heteroatoms. The number of nitrogens with zero attached hydrogens (tertiary/aromatic N) is 1. The third-order valence-corrected chi connectivity index (χ3v) is 5.90. The highest BCUT2D eigenvalue weighted by atomic mass is 32.2. The van der Waals surface area contributed by atoms with E-state index in [-0.39, 0.29) is 0 Å². The fourth-order valence-electron chi connectivity index (χ4n) is 1.33. The third kappa shape index (κ3) is 8.80. The van der Waals surface area contributed by atoms with Crippen molar-refractivity contribution >= 4 is 23.5 Å². The molecule has 1 nitrogen and oxygen atoms in total. The summed E-state index contributed by atoms with van der Waals surface area (Å²) in [5.41, 5.74) is 2.52. The van der Waals surface area contributed by atoms with Gasteiger partial charge in [-0.25, -0.2) is 0 Å². The van der Waals surface area contributed by atoms with Crippen molar-refractivity contribution in [3.05, 3.63) is 35.9 Å². The number of hydrogen-bond donors (Lipinski definition) is 0. The zero-order valence-corrected chi connectivity index (χ0v) is 15.5. The van der Waals surface area contributed by atoms with Crippen LogP contribution in [0.15, 0.2) is 35.9 Å². The first-order chi connectivity index (χ1) is 9.25. The molecule has 0 saturated heterocycles. The Kier molecular flexibility index (Phi) is 10.3. The van der Waals surface area contributed by atoms with Crippen molar-refractivity contribution in [1.29, 1.82) is 0 Å². The monoisotopic (exact) mass is 313 g/mol. The first kappa shape index (κ1) is 19.7. The average Bonchev–Trinajstić information content (AvgIpc) is 2.39. The molecule has 0 spiro atoms. The molecule has 20 heavy (non-hydrogen) atoms. The Bertz CT molecular complexity index is 332. The molecule has 0 aromatic carbocycles. The predicted molar refractivity (Wildman–Crippen MR) is 99.0 cm³/mol. The molecule has 0 aliphatic carbocycles. The van der Waals surface area contributed by atoms with Gasteiger partial charge in [-0.2, -0.15) is 0 Å². The lowest BCUT2D eigenvalue weighted by molar-refractivity contribution is 0.469. The van der Waals surface area contributed by atoms with E-state index < -0.39 is 0 Å². The van der Waals surface area contributed by atoms with Gasteiger partial charge in [-0.15, -0.1) is 23.5 Å². The minimum absolute atomic E-state index is 0.565. The second-order valence-corrected chi connectivity index (χ2v) is 8.22. The van der Waals surface area contributed by atoms with Gasteiger partial charge in [-0.3, -0.25) is 0 Å². The lowest BCUT2D eigenvalue weighted by Gasteiger charge is -2.22. The van der Waals surface area contributed by atoms with Crippen molar-refractivity contribution in [3.63, 3.8) is 0 Å². The fourth-order valence-corrected chi connectivity index (χ4v) is 3.36. The summed E-state index contributed by atoms with van der Waals surface area (Å²) in [6, 6.07) is 0. The van der Waals surface area contributed by atoms with Crippen molar-refractivity contribution in [3.8, 4) is 0 Å². The second-order valence-electron chi connectivity index (χ2n) is 5.79. The van der Waals surface area contributed by atoms with Gasteiger partial charge < -0.3 is 4.90 Å². The van der Waals surface area contributed by atoms with Crippen LogP contribution in [-0.2, 0) is 0 Å². The van der Waals surface area contributed by atoms with Gasteiger partial charge in [-0.1, -0.05) is 53.0 Å². The van der Waals surface area contributed by atoms with Crippen LogP contribution >= 0.6 is 23.5 Å². The van der Waals surface area contributed by atoms with E-state index in [9.17, 15) is 0 Å². The van der Waals surface area contributed by atoms with E-state index in [0.29, 0.717) is 11.8 Å². The lowest BCUT2D eigenvalue weighted by Crippen LogP contribution is -2.16. The van der Waals surface area contributed by atoms with Crippen LogP contribution in [0.25, 0.3) is 0 Å². The molecule has 0 saturated carbocycles. The molecule has 0 aliphatic rings. The van der Waals surface area contributed by atoms with Gasteiger partial charge in [0.1, 0.15) is 0 Å². The van der Waals surface area contributed by atoms with Crippen LogP contribution in [0.3, 0.4) is 0 Å². The molecule has 0 unspecified atom stereocenters. The molecule has 0 N–H and O–H groups in total. The Morgan fingerprint density at radius 1 is 1.00 bits per heavy atom. The molecule has 0 aromatic heterocycles. The first-order valence-electron chi connectivity index (χ1n) is 7.21. The van der Waals surface area contributed by atoms with Crippen LogP contribution in [0.5, 0.6) is 0 Å². The summed E-state index contributed by atoms with van der Waals surface area (Å²) in [6.07, 6.45) is 2.06. The SMILES string of the molecule is C=C(CCC(=C)N(C)CSCSC(=C)C(C)C)C(C)C. The molecule has 0 rings (SSSR count). The summed E-state index contributed by atoms with van der Waals surface area (Å²) in [7, 11) is 2.12. The van der Waals surface area contributed by atoms with Gasteiger partial charge in [-0.05, 0) is 29.6 Å². The Labute approximate surface area is 135 Å². The van der Waals surface area contributed by atoms with Gasteiger partial charge in [0.15, 0.2) is 0 Å². The Hall–Kier alpha value is -0.280. The van der Waals surface area contributed by atoms with Gasteiger partial charge in [0, 0.05) is 17.8 Å². The maximum absolute atomic E-state index is 4.18. The van der Waals surface area contributed by atoms with Crippen molar-refractivity contribution in [2.45, 2.75) is 40.5 Å². The van der Waals surface area contributed by atoms with Gasteiger partial charge >= 0.3 is 0 Å². The number of rotatable bonds is 11. The largest absolute Gasteiger partial charge is 0.369 e. The summed E-state index contributed by atoms with van der Waals surface area (Å²) < 4.78 is 0. The van der Waals surface area contributed by atoms with Crippen LogP contribution < -0.4 is 0 Å². The summed E-state index contributed by atoms with van der Waals surface area (Å²) in [5.74, 6) is 2.13. The minimum Gasteiger partial charge on any atom is -0.369 e. The predicted octanol–water partition coefficient (Wildman–Crippen LogP) is 5.98. The van der Waals surface area contributed by atoms with E-state index in [1.165, 1.54) is 16.2 Å². The number of hydrogen-bond acceptors (Lipinski definition) is 3. The number of thioether (sulfide) groups is 2. The Morgan fingerprint density at radius 3 is 2.10 bits per heavy atom. The summed E-state index contributed by atoms with van der Waals surface area (Å²) in [6.45, 7) is 21.1. The van der Waals surface area contributed by atoms with E-state index in [0.717, 1.165) is 23.8 Å². The first-order valence-corrected chi connectivity index (χ1v) is 9.35. The summed E-state index contributed by atoms with van der Waals surface area (Å²) >= 11 is 3.78. The molecule has 0 atom stereocenters. The Balaban J connectivity index is 3.81. The molecule has 0 radical (unpaired) electrons. The van der Waals surface area contributed by atoms with Crippen LogP contribution in [0, 0.1) is 11.8 Å². The maximum atomic E-state index is 4.18. The maximum Gasteiger partial charge on any atom is 0.0641 e. The summed E-state index contributed by atoms with van der Waals surface area (Å²) in [4.78, 5) is 3.52. The second kappa shape index (κ2) is 10.4. The smallest absolute Gasteiger partial charge is 0.0641 e. The van der Waals surface area contributed by atoms with Crippen LogP contribution in [0.1, 0.15) is 40.5 Å². The highest BCUT2D eigenvalue weighted by Crippen LogP contribution is 2.26. The van der Waals surface area contributed by atoms with Gasteiger partial charge in [0.2, 0.25) is 0 Å². The van der Waals surface area contributed by atoms with Crippen LogP contribution in [0.2, 0.25) is 0 Å². The van der Waals surface area contributed by atoms with Crippen LogP contribution in [0.4, 0.5) is 0 Å². The Morgan fingerprint density at radius 2 is 1.60 bits per heavy atom. The minimum atomic E-state index is 0.565. The highest BCUT2D eigenvalue weighted by molar-refractivity contribution is 8.17. The molecular formula is C17H31NS2. The van der Waals surface area contributed by atoms with E-state index >= 15 is 0 Å². The molecule has 0 fully saturated rings. The average molecular weight is 314 g/mol. The molecule has 0 heterocycles. The van der Waals surface area contributed by atoms with Crippen molar-refractivity contribution in [2.75, 3.05) is 18.0 Å². The zero-order chi connectivity index (χ0) is 15.7. The molecule has 0 aromatic rings. The summed E-state index contributed by atoms with van der Waals surface area (Å²) in [5, 5.41) is 1.06. The normalized spacial score (nSPS) is 10.9. The topological polar surface area (TPSA) is 3.24 Å². The molecule has 0 amide bonds. The molecule has 0 aliphatic heterocycles. The molecule has 0 bridgehead atoms. The van der Waals surface area contributed by atoms with E-state index in [1.807, 2.05) is 23.5 Å². The molecule has 116 valence electrons. The zero-order valence-electron chi connectivity index (χ0n) is 13.9. The lowest BCUT2D eigenvalue weighted by atomic mass is 10.00. The van der Waals surface area contributed by atoms with Crippen molar-refractivity contribution < 1.29 is 0 Å².